The van der Waals surface area contributed by atoms with Gasteiger partial charge in [0.2, 0.25) is 0 Å². The Morgan fingerprint density at radius 1 is 1.25 bits per heavy atom. The van der Waals surface area contributed by atoms with E-state index in [4.69, 9.17) is 9.84 Å². The van der Waals surface area contributed by atoms with Gasteiger partial charge in [-0.25, -0.2) is 8.78 Å². The molecule has 1 aliphatic rings. The Kier molecular flexibility index (Phi) is 3.36. The lowest BCUT2D eigenvalue weighted by Gasteiger charge is -2.29. The molecule has 2 rings (SSSR count). The minimum absolute atomic E-state index is 0.0125. The molecule has 5 heteroatoms. The fraction of sp³-hybridized carbons (Fsp3) is 0.455. The molecule has 1 saturated heterocycles. The smallest absolute Gasteiger partial charge is 0.164 e. The van der Waals surface area contributed by atoms with E-state index in [1.165, 1.54) is 6.07 Å². The van der Waals surface area contributed by atoms with E-state index in [2.05, 4.69) is 0 Å². The number of benzene rings is 1. The molecule has 0 unspecified atom stereocenters. The molecule has 1 aliphatic heterocycles. The van der Waals surface area contributed by atoms with Crippen LogP contribution in [0.15, 0.2) is 12.1 Å². The number of hydrogen-bond donors (Lipinski definition) is 1. The number of ether oxygens (including phenoxy) is 1. The zero-order chi connectivity index (χ0) is 11.5. The van der Waals surface area contributed by atoms with Crippen molar-refractivity contribution in [2.45, 2.75) is 6.61 Å². The fourth-order valence-electron chi connectivity index (χ4n) is 1.75. The summed E-state index contributed by atoms with van der Waals surface area (Å²) in [5.41, 5.74) is 0.577. The van der Waals surface area contributed by atoms with E-state index < -0.39 is 18.2 Å². The summed E-state index contributed by atoms with van der Waals surface area (Å²) in [5.74, 6) is -1.90. The first-order chi connectivity index (χ1) is 7.72. The van der Waals surface area contributed by atoms with Crippen LogP contribution in [0.4, 0.5) is 14.5 Å². The number of nitrogens with zero attached hydrogens (tertiary/aromatic N) is 1. The second-order valence-corrected chi connectivity index (χ2v) is 3.66. The topological polar surface area (TPSA) is 32.7 Å². The minimum Gasteiger partial charge on any atom is -0.392 e. The predicted octanol–water partition coefficient (Wildman–Crippen LogP) is 1.29. The van der Waals surface area contributed by atoms with Gasteiger partial charge in [0.05, 0.1) is 19.8 Å². The van der Waals surface area contributed by atoms with Crippen molar-refractivity contribution in [1.29, 1.82) is 0 Å². The third kappa shape index (κ3) is 2.15. The normalized spacial score (nSPS) is 16.6. The van der Waals surface area contributed by atoms with Crippen molar-refractivity contribution in [2.75, 3.05) is 31.2 Å². The lowest BCUT2D eigenvalue weighted by atomic mass is 10.1. The first kappa shape index (κ1) is 11.3. The molecular weight excluding hydrogens is 216 g/mol. The fourth-order valence-corrected chi connectivity index (χ4v) is 1.75. The lowest BCUT2D eigenvalue weighted by Crippen LogP contribution is -2.36. The SMILES string of the molecule is OCc1cc(N2CCOCC2)cc(F)c1F. The van der Waals surface area contributed by atoms with Crippen LogP contribution in [0.3, 0.4) is 0 Å². The molecule has 1 aromatic carbocycles. The van der Waals surface area contributed by atoms with Gasteiger partial charge in [-0.1, -0.05) is 0 Å². The largest absolute Gasteiger partial charge is 0.392 e. The number of hydrogen-bond acceptors (Lipinski definition) is 3. The molecule has 0 spiro atoms. The Morgan fingerprint density at radius 3 is 2.56 bits per heavy atom. The van der Waals surface area contributed by atoms with Crippen molar-refractivity contribution in [3.63, 3.8) is 0 Å². The van der Waals surface area contributed by atoms with Crippen LogP contribution in [-0.4, -0.2) is 31.4 Å². The van der Waals surface area contributed by atoms with Crippen LogP contribution in [0.2, 0.25) is 0 Å². The van der Waals surface area contributed by atoms with Crippen molar-refractivity contribution >= 4 is 5.69 Å². The number of morpholine rings is 1. The third-order valence-electron chi connectivity index (χ3n) is 2.63. The lowest BCUT2D eigenvalue weighted by molar-refractivity contribution is 0.122. The Bertz CT molecular complexity index is 378. The van der Waals surface area contributed by atoms with Crippen molar-refractivity contribution in [2.24, 2.45) is 0 Å². The molecule has 1 aromatic rings. The van der Waals surface area contributed by atoms with Crippen LogP contribution in [-0.2, 0) is 11.3 Å². The molecule has 16 heavy (non-hydrogen) atoms. The molecule has 1 N–H and O–H groups in total. The van der Waals surface area contributed by atoms with Crippen molar-refractivity contribution in [3.05, 3.63) is 29.3 Å². The molecule has 0 aliphatic carbocycles. The van der Waals surface area contributed by atoms with E-state index in [0.29, 0.717) is 32.0 Å². The highest BCUT2D eigenvalue weighted by molar-refractivity contribution is 5.49. The second kappa shape index (κ2) is 4.76. The van der Waals surface area contributed by atoms with Gasteiger partial charge in [-0.15, -0.1) is 0 Å². The first-order valence-electron chi connectivity index (χ1n) is 5.14. The van der Waals surface area contributed by atoms with Crippen LogP contribution in [0.25, 0.3) is 0 Å². The summed E-state index contributed by atoms with van der Waals surface area (Å²) in [6, 6.07) is 2.63. The van der Waals surface area contributed by atoms with Gasteiger partial charge in [-0.3, -0.25) is 0 Å². The van der Waals surface area contributed by atoms with Gasteiger partial charge >= 0.3 is 0 Å². The van der Waals surface area contributed by atoms with Gasteiger partial charge in [0.1, 0.15) is 0 Å². The number of rotatable bonds is 2. The van der Waals surface area contributed by atoms with Crippen LogP contribution >= 0.6 is 0 Å². The molecule has 88 valence electrons. The van der Waals surface area contributed by atoms with Gasteiger partial charge in [0, 0.05) is 30.4 Å². The van der Waals surface area contributed by atoms with E-state index in [1.54, 1.807) is 0 Å². The maximum absolute atomic E-state index is 13.2. The van der Waals surface area contributed by atoms with Crippen LogP contribution < -0.4 is 4.90 Å². The number of anilines is 1. The Morgan fingerprint density at radius 2 is 1.94 bits per heavy atom. The predicted molar refractivity (Wildman–Crippen MR) is 55.3 cm³/mol. The van der Waals surface area contributed by atoms with Gasteiger partial charge < -0.3 is 14.7 Å². The average molecular weight is 229 g/mol. The van der Waals surface area contributed by atoms with Crippen LogP contribution in [0.1, 0.15) is 5.56 Å². The minimum atomic E-state index is -0.973. The molecule has 0 bridgehead atoms. The van der Waals surface area contributed by atoms with Gasteiger partial charge in [-0.05, 0) is 6.07 Å². The zero-order valence-electron chi connectivity index (χ0n) is 8.75. The first-order valence-corrected chi connectivity index (χ1v) is 5.14. The molecule has 1 fully saturated rings. The summed E-state index contributed by atoms with van der Waals surface area (Å²) < 4.78 is 31.6. The summed E-state index contributed by atoms with van der Waals surface area (Å²) in [4.78, 5) is 1.91. The zero-order valence-corrected chi connectivity index (χ0v) is 8.75. The number of aliphatic hydroxyl groups excluding tert-OH is 1. The maximum Gasteiger partial charge on any atom is 0.164 e. The van der Waals surface area contributed by atoms with Gasteiger partial charge in [0.25, 0.3) is 0 Å². The third-order valence-corrected chi connectivity index (χ3v) is 2.63. The summed E-state index contributed by atoms with van der Waals surface area (Å²) in [6.45, 7) is 1.95. The Hall–Kier alpha value is -1.20. The molecule has 0 aromatic heterocycles. The summed E-state index contributed by atoms with van der Waals surface area (Å²) in [6.07, 6.45) is 0. The van der Waals surface area contributed by atoms with E-state index in [1.807, 2.05) is 4.90 Å². The Labute approximate surface area is 92.2 Å². The highest BCUT2D eigenvalue weighted by Crippen LogP contribution is 2.22. The highest BCUT2D eigenvalue weighted by atomic mass is 19.2. The highest BCUT2D eigenvalue weighted by Gasteiger charge is 2.16. The van der Waals surface area contributed by atoms with Crippen molar-refractivity contribution in [3.8, 4) is 0 Å². The average Bonchev–Trinajstić information content (AvgIpc) is 2.33. The van der Waals surface area contributed by atoms with Gasteiger partial charge in [0.15, 0.2) is 11.6 Å². The molecule has 0 radical (unpaired) electrons. The molecule has 1 heterocycles. The van der Waals surface area contributed by atoms with Crippen LogP contribution in [0.5, 0.6) is 0 Å². The number of halogens is 2. The standard InChI is InChI=1S/C11H13F2NO2/c12-10-6-9(5-8(7-15)11(10)13)14-1-3-16-4-2-14/h5-6,15H,1-4,7H2. The van der Waals surface area contributed by atoms with Crippen molar-refractivity contribution in [1.82, 2.24) is 0 Å². The van der Waals surface area contributed by atoms with E-state index in [0.717, 1.165) is 6.07 Å². The van der Waals surface area contributed by atoms with E-state index in [-0.39, 0.29) is 5.56 Å². The monoisotopic (exact) mass is 229 g/mol. The van der Waals surface area contributed by atoms with Crippen molar-refractivity contribution < 1.29 is 18.6 Å². The quantitative estimate of drug-likeness (QED) is 0.829. The summed E-state index contributed by atoms with van der Waals surface area (Å²) >= 11 is 0. The van der Waals surface area contributed by atoms with E-state index >= 15 is 0 Å². The van der Waals surface area contributed by atoms with E-state index in [9.17, 15) is 8.78 Å². The van der Waals surface area contributed by atoms with Gasteiger partial charge in [-0.2, -0.15) is 0 Å². The van der Waals surface area contributed by atoms with Crippen LogP contribution in [0, 0.1) is 11.6 Å². The maximum atomic E-state index is 13.2. The summed E-state index contributed by atoms with van der Waals surface area (Å²) in [7, 11) is 0. The summed E-state index contributed by atoms with van der Waals surface area (Å²) in [5, 5.41) is 8.92. The Balaban J connectivity index is 2.29. The molecule has 0 saturated carbocycles. The molecular formula is C11H13F2NO2. The molecule has 0 atom stereocenters. The number of aliphatic hydroxyl groups is 1. The molecule has 3 nitrogen and oxygen atoms in total. The molecule has 0 amide bonds. The second-order valence-electron chi connectivity index (χ2n) is 3.66.